The fourth-order valence-electron chi connectivity index (χ4n) is 1.85. The Kier molecular flexibility index (Phi) is 5.22. The van der Waals surface area contributed by atoms with Crippen molar-refractivity contribution < 1.29 is 14.3 Å². The third-order valence-electron chi connectivity index (χ3n) is 2.85. The van der Waals surface area contributed by atoms with Crippen LogP contribution in [0.1, 0.15) is 20.3 Å². The molecule has 1 fully saturated rings. The monoisotopic (exact) mass is 250 g/mol. The van der Waals surface area contributed by atoms with Crippen molar-refractivity contribution in [3.63, 3.8) is 0 Å². The summed E-state index contributed by atoms with van der Waals surface area (Å²) in [5.74, 6) is -0.370. The number of esters is 1. The summed E-state index contributed by atoms with van der Waals surface area (Å²) in [5, 5.41) is 0. The molecule has 0 bridgehead atoms. The first-order valence-corrected chi connectivity index (χ1v) is 5.03. The second-order valence-electron chi connectivity index (χ2n) is 4.35. The first-order valence-electron chi connectivity index (χ1n) is 5.03. The van der Waals surface area contributed by atoms with E-state index in [4.69, 9.17) is 10.5 Å². The Morgan fingerprint density at radius 2 is 2.06 bits per heavy atom. The number of likely N-dealkylation sites (tertiary alicyclic amines) is 1. The van der Waals surface area contributed by atoms with Crippen LogP contribution in [0.3, 0.4) is 0 Å². The van der Waals surface area contributed by atoms with Gasteiger partial charge in [0.2, 0.25) is 5.91 Å². The number of ether oxygens (including phenoxy) is 1. The van der Waals surface area contributed by atoms with E-state index < -0.39 is 11.5 Å². The highest BCUT2D eigenvalue weighted by molar-refractivity contribution is 5.85. The van der Waals surface area contributed by atoms with Crippen LogP contribution in [0.2, 0.25) is 0 Å². The molecule has 1 amide bonds. The van der Waals surface area contributed by atoms with Gasteiger partial charge in [-0.15, -0.1) is 12.4 Å². The summed E-state index contributed by atoms with van der Waals surface area (Å²) in [4.78, 5) is 24.7. The van der Waals surface area contributed by atoms with Crippen molar-refractivity contribution in [3.05, 3.63) is 0 Å². The zero-order valence-electron chi connectivity index (χ0n) is 9.86. The number of rotatable bonds is 2. The Morgan fingerprint density at radius 1 is 1.50 bits per heavy atom. The molecule has 2 atom stereocenters. The maximum Gasteiger partial charge on any atom is 0.313 e. The van der Waals surface area contributed by atoms with Crippen molar-refractivity contribution in [1.82, 2.24) is 4.90 Å². The van der Waals surface area contributed by atoms with Crippen molar-refractivity contribution in [1.29, 1.82) is 0 Å². The van der Waals surface area contributed by atoms with Crippen LogP contribution in [-0.2, 0) is 14.3 Å². The molecule has 1 rings (SSSR count). The second-order valence-corrected chi connectivity index (χ2v) is 4.35. The van der Waals surface area contributed by atoms with Crippen LogP contribution in [-0.4, -0.2) is 43.0 Å². The largest absolute Gasteiger partial charge is 0.469 e. The summed E-state index contributed by atoms with van der Waals surface area (Å²) in [5.41, 5.74) is 4.94. The molecule has 0 aromatic carbocycles. The van der Waals surface area contributed by atoms with Crippen molar-refractivity contribution in [2.24, 2.45) is 11.1 Å². The van der Waals surface area contributed by atoms with E-state index in [1.807, 2.05) is 6.92 Å². The van der Waals surface area contributed by atoms with Gasteiger partial charge < -0.3 is 15.4 Å². The van der Waals surface area contributed by atoms with Gasteiger partial charge in [0.25, 0.3) is 0 Å². The molecule has 1 aliphatic rings. The fraction of sp³-hybridized carbons (Fsp3) is 0.800. The quantitative estimate of drug-likeness (QED) is 0.709. The summed E-state index contributed by atoms with van der Waals surface area (Å²) in [6.45, 7) is 4.44. The lowest BCUT2D eigenvalue weighted by Crippen LogP contribution is -2.42. The minimum atomic E-state index is -0.570. The average molecular weight is 251 g/mol. The van der Waals surface area contributed by atoms with E-state index >= 15 is 0 Å². The molecule has 0 saturated carbocycles. The molecule has 94 valence electrons. The molecule has 0 radical (unpaired) electrons. The van der Waals surface area contributed by atoms with Crippen LogP contribution in [0.25, 0.3) is 0 Å². The number of amides is 1. The van der Waals surface area contributed by atoms with E-state index in [2.05, 4.69) is 0 Å². The van der Waals surface area contributed by atoms with E-state index in [1.54, 1.807) is 11.8 Å². The maximum absolute atomic E-state index is 11.6. The second kappa shape index (κ2) is 5.50. The SMILES string of the molecule is COC(=O)C1(C)CCN(C(=O)[C@@H](C)N)C1.Cl. The first-order chi connectivity index (χ1) is 6.90. The van der Waals surface area contributed by atoms with Crippen molar-refractivity contribution in [2.75, 3.05) is 20.2 Å². The zero-order chi connectivity index (χ0) is 11.6. The first kappa shape index (κ1) is 15.2. The molecule has 1 heterocycles. The fourth-order valence-corrected chi connectivity index (χ4v) is 1.85. The molecule has 1 aliphatic heterocycles. The number of methoxy groups -OCH3 is 1. The van der Waals surface area contributed by atoms with Gasteiger partial charge in [-0.05, 0) is 20.3 Å². The smallest absolute Gasteiger partial charge is 0.313 e. The lowest BCUT2D eigenvalue weighted by Gasteiger charge is -2.22. The minimum Gasteiger partial charge on any atom is -0.469 e. The molecular weight excluding hydrogens is 232 g/mol. The van der Waals surface area contributed by atoms with E-state index in [9.17, 15) is 9.59 Å². The summed E-state index contributed by atoms with van der Waals surface area (Å²) >= 11 is 0. The highest BCUT2D eigenvalue weighted by Crippen LogP contribution is 2.31. The molecule has 1 unspecified atom stereocenters. The molecule has 16 heavy (non-hydrogen) atoms. The van der Waals surface area contributed by atoms with Gasteiger partial charge in [0, 0.05) is 13.1 Å². The number of nitrogens with zero attached hydrogens (tertiary/aromatic N) is 1. The summed E-state index contributed by atoms with van der Waals surface area (Å²) in [6.07, 6.45) is 0.637. The Labute approximate surface area is 102 Å². The van der Waals surface area contributed by atoms with Gasteiger partial charge in [-0.25, -0.2) is 0 Å². The predicted octanol–water partition coefficient (Wildman–Crippen LogP) is 0.167. The van der Waals surface area contributed by atoms with Crippen LogP contribution in [0.5, 0.6) is 0 Å². The minimum absolute atomic E-state index is 0. The van der Waals surface area contributed by atoms with E-state index in [0.717, 1.165) is 0 Å². The highest BCUT2D eigenvalue weighted by atomic mass is 35.5. The zero-order valence-corrected chi connectivity index (χ0v) is 10.7. The number of hydrogen-bond acceptors (Lipinski definition) is 4. The maximum atomic E-state index is 11.6. The summed E-state index contributed by atoms with van der Waals surface area (Å²) < 4.78 is 4.72. The molecule has 0 aliphatic carbocycles. The Hall–Kier alpha value is -0.810. The third kappa shape index (κ3) is 2.86. The van der Waals surface area contributed by atoms with Gasteiger partial charge in [0.1, 0.15) is 0 Å². The third-order valence-corrected chi connectivity index (χ3v) is 2.85. The molecular formula is C10H19ClN2O3. The van der Waals surface area contributed by atoms with Crippen LogP contribution < -0.4 is 5.73 Å². The highest BCUT2D eigenvalue weighted by Gasteiger charge is 2.43. The number of hydrogen-bond donors (Lipinski definition) is 1. The average Bonchev–Trinajstić information content (AvgIpc) is 2.59. The van der Waals surface area contributed by atoms with E-state index in [-0.39, 0.29) is 24.3 Å². The van der Waals surface area contributed by atoms with Crippen LogP contribution in [0, 0.1) is 5.41 Å². The van der Waals surface area contributed by atoms with Crippen LogP contribution in [0.4, 0.5) is 0 Å². The Morgan fingerprint density at radius 3 is 2.50 bits per heavy atom. The molecule has 0 aromatic rings. The standard InChI is InChI=1S/C10H18N2O3.ClH/c1-7(11)8(13)12-5-4-10(2,6-12)9(14)15-3;/h7H,4-6,11H2,1-3H3;1H/t7-,10?;/m1./s1. The van der Waals surface area contributed by atoms with Gasteiger partial charge in [-0.3, -0.25) is 9.59 Å². The molecule has 1 saturated heterocycles. The molecule has 6 heteroatoms. The van der Waals surface area contributed by atoms with Gasteiger partial charge in [-0.2, -0.15) is 0 Å². The van der Waals surface area contributed by atoms with Crippen LogP contribution in [0.15, 0.2) is 0 Å². The number of carbonyl (C=O) groups is 2. The molecule has 0 aromatic heterocycles. The summed E-state index contributed by atoms with van der Waals surface area (Å²) in [6, 6.07) is -0.509. The molecule has 5 nitrogen and oxygen atoms in total. The van der Waals surface area contributed by atoms with Crippen molar-refractivity contribution >= 4 is 24.3 Å². The topological polar surface area (TPSA) is 72.6 Å². The predicted molar refractivity (Wildman–Crippen MR) is 62.2 cm³/mol. The summed E-state index contributed by atoms with van der Waals surface area (Å²) in [7, 11) is 1.36. The van der Waals surface area contributed by atoms with Crippen molar-refractivity contribution in [3.8, 4) is 0 Å². The Balaban J connectivity index is 0.00000225. The lowest BCUT2D eigenvalue weighted by molar-refractivity contribution is -0.151. The van der Waals surface area contributed by atoms with Gasteiger partial charge in [0.15, 0.2) is 0 Å². The van der Waals surface area contributed by atoms with Gasteiger partial charge >= 0.3 is 5.97 Å². The molecule has 2 N–H and O–H groups in total. The number of halogens is 1. The van der Waals surface area contributed by atoms with Gasteiger partial charge in [0.05, 0.1) is 18.6 Å². The lowest BCUT2D eigenvalue weighted by atomic mass is 9.90. The number of nitrogens with two attached hydrogens (primary N) is 1. The van der Waals surface area contributed by atoms with E-state index in [1.165, 1.54) is 7.11 Å². The van der Waals surface area contributed by atoms with Crippen LogP contribution >= 0.6 is 12.4 Å². The number of carbonyl (C=O) groups excluding carboxylic acids is 2. The van der Waals surface area contributed by atoms with Crippen molar-refractivity contribution in [2.45, 2.75) is 26.3 Å². The Bertz CT molecular complexity index is 283. The van der Waals surface area contributed by atoms with Gasteiger partial charge in [-0.1, -0.05) is 0 Å². The van der Waals surface area contributed by atoms with E-state index in [0.29, 0.717) is 19.5 Å². The normalized spacial score (nSPS) is 25.9. The molecule has 0 spiro atoms.